The van der Waals surface area contributed by atoms with Crippen molar-refractivity contribution in [2.24, 2.45) is 5.73 Å². The fourth-order valence-electron chi connectivity index (χ4n) is 3.51. The van der Waals surface area contributed by atoms with Crippen LogP contribution in [0.2, 0.25) is 0 Å². The molecule has 26 heavy (non-hydrogen) atoms. The number of rotatable bonds is 6. The molecule has 2 heterocycles. The Balaban J connectivity index is 1.53. The van der Waals surface area contributed by atoms with Crippen molar-refractivity contribution in [3.8, 4) is 11.4 Å². The lowest BCUT2D eigenvalue weighted by atomic mass is 10.2. The van der Waals surface area contributed by atoms with Crippen molar-refractivity contribution in [1.29, 1.82) is 0 Å². The van der Waals surface area contributed by atoms with Crippen molar-refractivity contribution in [2.45, 2.75) is 12.8 Å². The van der Waals surface area contributed by atoms with Crippen molar-refractivity contribution in [3.63, 3.8) is 0 Å². The molecule has 0 unspecified atom stereocenters. The number of amides is 1. The van der Waals surface area contributed by atoms with Gasteiger partial charge < -0.3 is 20.9 Å². The van der Waals surface area contributed by atoms with Gasteiger partial charge in [-0.15, -0.1) is 0 Å². The highest BCUT2D eigenvalue weighted by Gasteiger charge is 2.13. The number of primary amides is 1. The zero-order valence-corrected chi connectivity index (χ0v) is 14.7. The van der Waals surface area contributed by atoms with E-state index in [4.69, 9.17) is 5.73 Å². The Kier molecular flexibility index (Phi) is 4.58. The number of hydrogen-bond donors (Lipinski definition) is 3. The average molecular weight is 349 g/mol. The van der Waals surface area contributed by atoms with Crippen LogP contribution in [0.25, 0.3) is 22.4 Å². The monoisotopic (exact) mass is 349 g/mol. The van der Waals surface area contributed by atoms with Crippen LogP contribution in [0.1, 0.15) is 23.2 Å². The second-order valence-electron chi connectivity index (χ2n) is 6.71. The number of carbonyl (C=O) groups excluding carboxylic acids is 1. The molecule has 6 nitrogen and oxygen atoms in total. The second-order valence-corrected chi connectivity index (χ2v) is 6.71. The molecule has 3 aromatic rings. The van der Waals surface area contributed by atoms with Gasteiger partial charge in [0.15, 0.2) is 0 Å². The lowest BCUT2D eigenvalue weighted by Crippen LogP contribution is -2.25. The van der Waals surface area contributed by atoms with Crippen LogP contribution in [0.15, 0.2) is 42.5 Å². The number of aromatic nitrogens is 2. The van der Waals surface area contributed by atoms with Crippen LogP contribution in [0, 0.1) is 0 Å². The molecule has 0 saturated carbocycles. The van der Waals surface area contributed by atoms with Crippen molar-refractivity contribution < 1.29 is 4.79 Å². The highest BCUT2D eigenvalue weighted by molar-refractivity contribution is 6.04. The smallest absolute Gasteiger partial charge is 0.250 e. The molecule has 0 radical (unpaired) electrons. The molecule has 1 saturated heterocycles. The molecule has 4 rings (SSSR count). The molecule has 0 bridgehead atoms. The van der Waals surface area contributed by atoms with Gasteiger partial charge in [-0.1, -0.05) is 18.2 Å². The van der Waals surface area contributed by atoms with Crippen LogP contribution < -0.4 is 11.1 Å². The Morgan fingerprint density at radius 3 is 2.81 bits per heavy atom. The summed E-state index contributed by atoms with van der Waals surface area (Å²) in [6.07, 6.45) is 2.63. The zero-order chi connectivity index (χ0) is 17.9. The number of H-pyrrole nitrogens is 1. The van der Waals surface area contributed by atoms with Gasteiger partial charge in [-0.05, 0) is 50.2 Å². The summed E-state index contributed by atoms with van der Waals surface area (Å²) in [7, 11) is 0. The van der Waals surface area contributed by atoms with Gasteiger partial charge >= 0.3 is 0 Å². The lowest BCUT2D eigenvalue weighted by Gasteiger charge is -2.15. The number of para-hydroxylation sites is 1. The molecule has 1 aliphatic heterocycles. The zero-order valence-electron chi connectivity index (χ0n) is 14.7. The highest BCUT2D eigenvalue weighted by atomic mass is 16.1. The number of nitrogens with one attached hydrogen (secondary N) is 2. The maximum atomic E-state index is 11.6. The van der Waals surface area contributed by atoms with Gasteiger partial charge in [-0.2, -0.15) is 0 Å². The van der Waals surface area contributed by atoms with Crippen molar-refractivity contribution in [1.82, 2.24) is 14.9 Å². The number of fused-ring (bicyclic) bond motifs is 1. The van der Waals surface area contributed by atoms with E-state index in [9.17, 15) is 4.79 Å². The molecule has 4 N–H and O–H groups in total. The predicted molar refractivity (Wildman–Crippen MR) is 104 cm³/mol. The molecular weight excluding hydrogens is 326 g/mol. The van der Waals surface area contributed by atoms with Gasteiger partial charge in [0.1, 0.15) is 11.3 Å². The molecule has 6 heteroatoms. The van der Waals surface area contributed by atoms with Crippen LogP contribution in [0.5, 0.6) is 0 Å². The topological polar surface area (TPSA) is 87.0 Å². The van der Waals surface area contributed by atoms with E-state index in [0.717, 1.165) is 35.7 Å². The third-order valence-corrected chi connectivity index (χ3v) is 4.87. The molecule has 0 aliphatic carbocycles. The van der Waals surface area contributed by atoms with E-state index in [1.165, 1.54) is 25.9 Å². The van der Waals surface area contributed by atoms with Gasteiger partial charge in [0.25, 0.3) is 5.91 Å². The Hall–Kier alpha value is -2.86. The number of nitrogens with two attached hydrogens (primary N) is 1. The van der Waals surface area contributed by atoms with Crippen molar-refractivity contribution in [2.75, 3.05) is 31.5 Å². The third-order valence-electron chi connectivity index (χ3n) is 4.87. The molecule has 1 aliphatic rings. The number of nitrogens with zero attached hydrogens (tertiary/aromatic N) is 2. The second kappa shape index (κ2) is 7.17. The summed E-state index contributed by atoms with van der Waals surface area (Å²) in [6, 6.07) is 13.6. The van der Waals surface area contributed by atoms with Gasteiger partial charge in [0.2, 0.25) is 0 Å². The first-order valence-electron chi connectivity index (χ1n) is 9.06. The van der Waals surface area contributed by atoms with E-state index in [1.807, 2.05) is 18.2 Å². The normalized spacial score (nSPS) is 14.8. The van der Waals surface area contributed by atoms with E-state index < -0.39 is 5.91 Å². The number of benzene rings is 2. The van der Waals surface area contributed by atoms with Crippen molar-refractivity contribution >= 4 is 22.6 Å². The summed E-state index contributed by atoms with van der Waals surface area (Å²) in [6.45, 7) is 4.41. The van der Waals surface area contributed by atoms with E-state index in [1.54, 1.807) is 12.1 Å². The summed E-state index contributed by atoms with van der Waals surface area (Å²) in [5.41, 5.74) is 9.35. The summed E-state index contributed by atoms with van der Waals surface area (Å²) in [5, 5.41) is 3.49. The fourth-order valence-corrected chi connectivity index (χ4v) is 3.51. The Morgan fingerprint density at radius 1 is 1.19 bits per heavy atom. The predicted octanol–water partition coefficient (Wildman–Crippen LogP) is 2.84. The van der Waals surface area contributed by atoms with Gasteiger partial charge in [0, 0.05) is 24.3 Å². The van der Waals surface area contributed by atoms with Crippen LogP contribution in [0.3, 0.4) is 0 Å². The molecular formula is C20H23N5O. The first-order chi connectivity index (χ1) is 12.7. The molecule has 0 atom stereocenters. The van der Waals surface area contributed by atoms with Crippen LogP contribution in [-0.4, -0.2) is 47.0 Å². The first-order valence-corrected chi connectivity index (χ1v) is 9.06. The molecule has 1 aromatic heterocycles. The van der Waals surface area contributed by atoms with Crippen LogP contribution in [-0.2, 0) is 0 Å². The minimum absolute atomic E-state index is 0.435. The molecule has 1 amide bonds. The fraction of sp³-hybridized carbons (Fsp3) is 0.300. The standard InChI is InChI=1S/C20H23N5O/c21-19(26)16-7-4-8-17-18(16)24-20(23-17)14-5-3-6-15(13-14)22-9-12-25-10-1-2-11-25/h3-8,13,22H,1-2,9-12H2,(H2,21,26)(H,23,24). The van der Waals surface area contributed by atoms with Crippen molar-refractivity contribution in [3.05, 3.63) is 48.0 Å². The van der Waals surface area contributed by atoms with Crippen LogP contribution in [0.4, 0.5) is 5.69 Å². The Morgan fingerprint density at radius 2 is 2.00 bits per heavy atom. The number of hydrogen-bond acceptors (Lipinski definition) is 4. The Bertz CT molecular complexity index is 927. The molecule has 1 fully saturated rings. The minimum Gasteiger partial charge on any atom is -0.384 e. The molecule has 2 aromatic carbocycles. The molecule has 134 valence electrons. The summed E-state index contributed by atoms with van der Waals surface area (Å²) in [4.78, 5) is 22.0. The maximum Gasteiger partial charge on any atom is 0.250 e. The molecule has 0 spiro atoms. The average Bonchev–Trinajstić information content (AvgIpc) is 3.31. The van der Waals surface area contributed by atoms with Gasteiger partial charge in [-0.25, -0.2) is 4.98 Å². The Labute approximate surface area is 152 Å². The first kappa shape index (κ1) is 16.6. The third kappa shape index (κ3) is 3.41. The van der Waals surface area contributed by atoms with Crippen LogP contribution >= 0.6 is 0 Å². The number of likely N-dealkylation sites (tertiary alicyclic amines) is 1. The number of anilines is 1. The number of aromatic amines is 1. The largest absolute Gasteiger partial charge is 0.384 e. The summed E-state index contributed by atoms with van der Waals surface area (Å²) >= 11 is 0. The van der Waals surface area contributed by atoms with Gasteiger partial charge in [0.05, 0.1) is 11.1 Å². The van der Waals surface area contributed by atoms with E-state index in [0.29, 0.717) is 11.1 Å². The summed E-state index contributed by atoms with van der Waals surface area (Å²) < 4.78 is 0. The maximum absolute atomic E-state index is 11.6. The quantitative estimate of drug-likeness (QED) is 0.639. The lowest BCUT2D eigenvalue weighted by molar-refractivity contribution is 0.100. The van der Waals surface area contributed by atoms with E-state index in [-0.39, 0.29) is 0 Å². The number of imidazole rings is 1. The SMILES string of the molecule is NC(=O)c1cccc2[nH]c(-c3cccc(NCCN4CCCC4)c3)nc12. The summed E-state index contributed by atoms with van der Waals surface area (Å²) in [5.74, 6) is 0.267. The van der Waals surface area contributed by atoms with E-state index >= 15 is 0 Å². The van der Waals surface area contributed by atoms with E-state index in [2.05, 4.69) is 32.3 Å². The van der Waals surface area contributed by atoms with Gasteiger partial charge in [-0.3, -0.25) is 4.79 Å². The highest BCUT2D eigenvalue weighted by Crippen LogP contribution is 2.24. The minimum atomic E-state index is -0.467. The number of carbonyl (C=O) groups is 1.